The molecule has 0 saturated carbocycles. The van der Waals surface area contributed by atoms with Gasteiger partial charge in [-0.05, 0) is 53.1 Å². The summed E-state index contributed by atoms with van der Waals surface area (Å²) in [6.45, 7) is 9.32. The van der Waals surface area contributed by atoms with E-state index in [0.29, 0.717) is 0 Å². The van der Waals surface area contributed by atoms with E-state index in [1.807, 2.05) is 0 Å². The first-order chi connectivity index (χ1) is 8.83. The van der Waals surface area contributed by atoms with Crippen molar-refractivity contribution in [3.05, 3.63) is 0 Å². The van der Waals surface area contributed by atoms with E-state index in [9.17, 15) is 9.59 Å². The predicted octanol–water partition coefficient (Wildman–Crippen LogP) is 2.30. The van der Waals surface area contributed by atoms with Crippen molar-refractivity contribution >= 4 is 12.0 Å². The van der Waals surface area contributed by atoms with Gasteiger partial charge in [0, 0.05) is 0 Å². The maximum Gasteiger partial charge on any atom is 0.414 e. The molecule has 5 heteroatoms. The SMILES string of the molecule is CCCCN1CCC[C@H]1C(=O)NC(=O)OC(C)(C)C. The molecule has 0 aromatic carbocycles. The molecule has 1 fully saturated rings. The van der Waals surface area contributed by atoms with Crippen LogP contribution in [0.4, 0.5) is 4.79 Å². The number of unbranched alkanes of at least 4 members (excludes halogenated alkanes) is 1. The monoisotopic (exact) mass is 270 g/mol. The average molecular weight is 270 g/mol. The van der Waals surface area contributed by atoms with Gasteiger partial charge >= 0.3 is 6.09 Å². The van der Waals surface area contributed by atoms with Crippen molar-refractivity contribution in [1.82, 2.24) is 10.2 Å². The number of amides is 2. The van der Waals surface area contributed by atoms with Crippen LogP contribution in [0.15, 0.2) is 0 Å². The summed E-state index contributed by atoms with van der Waals surface area (Å²) in [7, 11) is 0. The molecule has 1 rings (SSSR count). The number of nitrogens with one attached hydrogen (secondary N) is 1. The Bertz CT molecular complexity index is 323. The summed E-state index contributed by atoms with van der Waals surface area (Å²) in [5, 5.41) is 2.34. The summed E-state index contributed by atoms with van der Waals surface area (Å²) >= 11 is 0. The zero-order chi connectivity index (χ0) is 14.5. The van der Waals surface area contributed by atoms with Gasteiger partial charge in [0.25, 0.3) is 0 Å². The van der Waals surface area contributed by atoms with Crippen molar-refractivity contribution in [2.45, 2.75) is 65.0 Å². The Hall–Kier alpha value is -1.10. The number of carbonyl (C=O) groups is 2. The molecule has 1 aliphatic heterocycles. The first-order valence-electron chi connectivity index (χ1n) is 7.11. The molecular weight excluding hydrogens is 244 g/mol. The van der Waals surface area contributed by atoms with Crippen LogP contribution in [0.25, 0.3) is 0 Å². The first kappa shape index (κ1) is 16.0. The first-order valence-corrected chi connectivity index (χ1v) is 7.11. The van der Waals surface area contributed by atoms with Crippen LogP contribution in [0.3, 0.4) is 0 Å². The largest absolute Gasteiger partial charge is 0.444 e. The molecule has 0 radical (unpaired) electrons. The number of imide groups is 1. The van der Waals surface area contributed by atoms with E-state index in [1.165, 1.54) is 0 Å². The third-order valence-electron chi connectivity index (χ3n) is 3.09. The highest BCUT2D eigenvalue weighted by molar-refractivity contribution is 5.95. The van der Waals surface area contributed by atoms with Crippen molar-refractivity contribution in [2.75, 3.05) is 13.1 Å². The minimum Gasteiger partial charge on any atom is -0.444 e. The molecule has 1 N–H and O–H groups in total. The van der Waals surface area contributed by atoms with E-state index in [-0.39, 0.29) is 11.9 Å². The lowest BCUT2D eigenvalue weighted by atomic mass is 10.2. The lowest BCUT2D eigenvalue weighted by Gasteiger charge is -2.24. The molecule has 19 heavy (non-hydrogen) atoms. The lowest BCUT2D eigenvalue weighted by molar-refractivity contribution is -0.125. The third-order valence-corrected chi connectivity index (χ3v) is 3.09. The van der Waals surface area contributed by atoms with Gasteiger partial charge in [-0.15, -0.1) is 0 Å². The second-order valence-electron chi connectivity index (χ2n) is 6.04. The van der Waals surface area contributed by atoms with E-state index < -0.39 is 11.7 Å². The topological polar surface area (TPSA) is 58.6 Å². The summed E-state index contributed by atoms with van der Waals surface area (Å²) in [5.74, 6) is -0.233. The maximum absolute atomic E-state index is 12.1. The molecule has 1 aliphatic rings. The van der Waals surface area contributed by atoms with Gasteiger partial charge in [-0.3, -0.25) is 15.0 Å². The van der Waals surface area contributed by atoms with E-state index >= 15 is 0 Å². The zero-order valence-corrected chi connectivity index (χ0v) is 12.5. The fraction of sp³-hybridized carbons (Fsp3) is 0.857. The predicted molar refractivity (Wildman–Crippen MR) is 73.9 cm³/mol. The van der Waals surface area contributed by atoms with Gasteiger partial charge in [0.1, 0.15) is 5.60 Å². The van der Waals surface area contributed by atoms with Crippen LogP contribution in [0.2, 0.25) is 0 Å². The third kappa shape index (κ3) is 5.59. The molecule has 0 spiro atoms. The second-order valence-corrected chi connectivity index (χ2v) is 6.04. The van der Waals surface area contributed by atoms with Crippen LogP contribution < -0.4 is 5.32 Å². The van der Waals surface area contributed by atoms with Crippen LogP contribution in [-0.4, -0.2) is 41.6 Å². The van der Waals surface area contributed by atoms with Crippen LogP contribution >= 0.6 is 0 Å². The molecule has 2 amide bonds. The van der Waals surface area contributed by atoms with E-state index in [4.69, 9.17) is 4.74 Å². The molecular formula is C14H26N2O3. The highest BCUT2D eigenvalue weighted by Crippen LogP contribution is 2.18. The van der Waals surface area contributed by atoms with Crippen molar-refractivity contribution in [2.24, 2.45) is 0 Å². The maximum atomic E-state index is 12.1. The number of hydrogen-bond donors (Lipinski definition) is 1. The second kappa shape index (κ2) is 6.89. The molecule has 1 atom stereocenters. The Morgan fingerprint density at radius 3 is 2.63 bits per heavy atom. The average Bonchev–Trinajstić information content (AvgIpc) is 2.71. The van der Waals surface area contributed by atoms with E-state index in [1.54, 1.807) is 20.8 Å². The van der Waals surface area contributed by atoms with Gasteiger partial charge in [-0.2, -0.15) is 0 Å². The van der Waals surface area contributed by atoms with Crippen molar-refractivity contribution in [3.63, 3.8) is 0 Å². The highest BCUT2D eigenvalue weighted by atomic mass is 16.6. The number of hydrogen-bond acceptors (Lipinski definition) is 4. The fourth-order valence-corrected chi connectivity index (χ4v) is 2.24. The molecule has 1 heterocycles. The quantitative estimate of drug-likeness (QED) is 0.851. The van der Waals surface area contributed by atoms with Crippen LogP contribution in [0, 0.1) is 0 Å². The number of carbonyl (C=O) groups excluding carboxylic acids is 2. The van der Waals surface area contributed by atoms with Crippen LogP contribution in [-0.2, 0) is 9.53 Å². The standard InChI is InChI=1S/C14H26N2O3/c1-5-6-9-16-10-7-8-11(16)12(17)15-13(18)19-14(2,3)4/h11H,5-10H2,1-4H3,(H,15,17,18)/t11-/m0/s1. The van der Waals surface area contributed by atoms with Crippen molar-refractivity contribution in [3.8, 4) is 0 Å². The zero-order valence-electron chi connectivity index (χ0n) is 12.5. The molecule has 1 saturated heterocycles. The van der Waals surface area contributed by atoms with Gasteiger partial charge in [0.15, 0.2) is 0 Å². The summed E-state index contributed by atoms with van der Waals surface area (Å²) in [4.78, 5) is 25.8. The molecule has 5 nitrogen and oxygen atoms in total. The molecule has 0 aromatic rings. The molecule has 0 aliphatic carbocycles. The summed E-state index contributed by atoms with van der Waals surface area (Å²) < 4.78 is 5.09. The van der Waals surface area contributed by atoms with Crippen molar-refractivity contribution < 1.29 is 14.3 Å². The summed E-state index contributed by atoms with van der Waals surface area (Å²) in [6, 6.07) is -0.181. The molecule has 0 aromatic heterocycles. The minimum absolute atomic E-state index is 0.181. The summed E-state index contributed by atoms with van der Waals surface area (Å²) in [6.07, 6.45) is 3.36. The lowest BCUT2D eigenvalue weighted by Crippen LogP contribution is -2.47. The number of alkyl carbamates (subject to hydrolysis) is 1. The Morgan fingerprint density at radius 2 is 2.05 bits per heavy atom. The van der Waals surface area contributed by atoms with Gasteiger partial charge in [0.2, 0.25) is 5.91 Å². The normalized spacial score (nSPS) is 20.3. The van der Waals surface area contributed by atoms with Gasteiger partial charge < -0.3 is 4.74 Å². The van der Waals surface area contributed by atoms with Gasteiger partial charge in [-0.1, -0.05) is 13.3 Å². The van der Waals surface area contributed by atoms with Crippen molar-refractivity contribution in [1.29, 1.82) is 0 Å². The van der Waals surface area contributed by atoms with Gasteiger partial charge in [0.05, 0.1) is 6.04 Å². The summed E-state index contributed by atoms with van der Waals surface area (Å²) in [5.41, 5.74) is -0.581. The molecule has 0 bridgehead atoms. The number of ether oxygens (including phenoxy) is 1. The fourth-order valence-electron chi connectivity index (χ4n) is 2.24. The van der Waals surface area contributed by atoms with Crippen LogP contribution in [0.5, 0.6) is 0 Å². The number of likely N-dealkylation sites (tertiary alicyclic amines) is 1. The van der Waals surface area contributed by atoms with E-state index in [2.05, 4.69) is 17.1 Å². The smallest absolute Gasteiger partial charge is 0.414 e. The Labute approximate surface area is 115 Å². The van der Waals surface area contributed by atoms with E-state index in [0.717, 1.165) is 38.8 Å². The Kier molecular flexibility index (Phi) is 5.79. The molecule has 110 valence electrons. The molecule has 0 unspecified atom stereocenters. The Morgan fingerprint density at radius 1 is 1.37 bits per heavy atom. The Balaban J connectivity index is 2.45. The number of nitrogens with zero attached hydrogens (tertiary/aromatic N) is 1. The number of rotatable bonds is 4. The van der Waals surface area contributed by atoms with Crippen LogP contribution in [0.1, 0.15) is 53.4 Å². The minimum atomic E-state index is -0.653. The highest BCUT2D eigenvalue weighted by Gasteiger charge is 2.31. The van der Waals surface area contributed by atoms with Gasteiger partial charge in [-0.25, -0.2) is 4.79 Å².